The Bertz CT molecular complexity index is 660. The lowest BCUT2D eigenvalue weighted by atomic mass is 10.1. The molecule has 0 unspecified atom stereocenters. The quantitative estimate of drug-likeness (QED) is 0.842. The third-order valence-electron chi connectivity index (χ3n) is 4.54. The number of sulfonamides is 1. The fraction of sp³-hybridized carbons (Fsp3) is 0.588. The SMILES string of the molecule is O=C(NC[C@@H]1CCCO1)c1ccc(CS(=O)(=O)N2CCCC2)cc1. The normalized spacial score (nSPS) is 21.9. The van der Waals surface area contributed by atoms with Gasteiger partial charge in [0.05, 0.1) is 11.9 Å². The van der Waals surface area contributed by atoms with Crippen LogP contribution in [0, 0.1) is 0 Å². The summed E-state index contributed by atoms with van der Waals surface area (Å²) in [5.74, 6) is -0.162. The minimum atomic E-state index is -3.25. The molecule has 0 saturated carbocycles. The number of hydrogen-bond donors (Lipinski definition) is 1. The Morgan fingerprint density at radius 1 is 1.17 bits per heavy atom. The van der Waals surface area contributed by atoms with Crippen molar-refractivity contribution in [3.63, 3.8) is 0 Å². The zero-order chi connectivity index (χ0) is 17.0. The van der Waals surface area contributed by atoms with Gasteiger partial charge in [0.2, 0.25) is 10.0 Å². The maximum absolute atomic E-state index is 12.3. The summed E-state index contributed by atoms with van der Waals surface area (Å²) in [6, 6.07) is 6.79. The van der Waals surface area contributed by atoms with Crippen molar-refractivity contribution in [2.24, 2.45) is 0 Å². The molecule has 2 aliphatic heterocycles. The highest BCUT2D eigenvalue weighted by Gasteiger charge is 2.25. The molecule has 2 saturated heterocycles. The van der Waals surface area contributed by atoms with Gasteiger partial charge in [0.1, 0.15) is 0 Å². The average Bonchev–Trinajstić information content (AvgIpc) is 3.26. The Morgan fingerprint density at radius 3 is 2.50 bits per heavy atom. The second-order valence-electron chi connectivity index (χ2n) is 6.40. The summed E-state index contributed by atoms with van der Waals surface area (Å²) in [6.45, 7) is 2.52. The highest BCUT2D eigenvalue weighted by atomic mass is 32.2. The molecule has 7 heteroatoms. The van der Waals surface area contributed by atoms with Crippen molar-refractivity contribution in [1.82, 2.24) is 9.62 Å². The van der Waals surface area contributed by atoms with E-state index in [9.17, 15) is 13.2 Å². The zero-order valence-corrected chi connectivity index (χ0v) is 14.6. The lowest BCUT2D eigenvalue weighted by molar-refractivity contribution is 0.0858. The molecule has 0 radical (unpaired) electrons. The van der Waals surface area contributed by atoms with Crippen LogP contribution in [0.15, 0.2) is 24.3 Å². The van der Waals surface area contributed by atoms with E-state index in [0.717, 1.165) is 32.3 Å². The van der Waals surface area contributed by atoms with Gasteiger partial charge in [0, 0.05) is 31.8 Å². The van der Waals surface area contributed by atoms with E-state index in [4.69, 9.17) is 4.74 Å². The maximum Gasteiger partial charge on any atom is 0.251 e. The first-order chi connectivity index (χ1) is 11.5. The summed E-state index contributed by atoms with van der Waals surface area (Å²) in [6.07, 6.45) is 4.00. The van der Waals surface area contributed by atoms with E-state index >= 15 is 0 Å². The van der Waals surface area contributed by atoms with Gasteiger partial charge in [-0.15, -0.1) is 0 Å². The highest BCUT2D eigenvalue weighted by molar-refractivity contribution is 7.88. The van der Waals surface area contributed by atoms with Crippen molar-refractivity contribution in [2.75, 3.05) is 26.2 Å². The molecule has 3 rings (SSSR count). The molecule has 2 fully saturated rings. The van der Waals surface area contributed by atoms with Crippen LogP contribution in [-0.4, -0.2) is 51.0 Å². The average molecular weight is 352 g/mol. The largest absolute Gasteiger partial charge is 0.376 e. The third kappa shape index (κ3) is 4.34. The molecule has 0 aliphatic carbocycles. The van der Waals surface area contributed by atoms with Crippen LogP contribution in [-0.2, 0) is 20.5 Å². The first kappa shape index (κ1) is 17.4. The predicted octanol–water partition coefficient (Wildman–Crippen LogP) is 1.52. The van der Waals surface area contributed by atoms with Gasteiger partial charge in [-0.3, -0.25) is 4.79 Å². The predicted molar refractivity (Wildman–Crippen MR) is 91.2 cm³/mol. The van der Waals surface area contributed by atoms with Crippen molar-refractivity contribution in [3.05, 3.63) is 35.4 Å². The summed E-state index contributed by atoms with van der Waals surface area (Å²) >= 11 is 0. The van der Waals surface area contributed by atoms with Crippen molar-refractivity contribution < 1.29 is 17.9 Å². The number of amides is 1. The summed E-state index contributed by atoms with van der Waals surface area (Å²) in [7, 11) is -3.25. The monoisotopic (exact) mass is 352 g/mol. The Hall–Kier alpha value is -1.44. The van der Waals surface area contributed by atoms with Gasteiger partial charge in [-0.25, -0.2) is 12.7 Å². The molecule has 1 aromatic carbocycles. The Kier molecular flexibility index (Phi) is 5.53. The minimum Gasteiger partial charge on any atom is -0.376 e. The summed E-state index contributed by atoms with van der Waals surface area (Å²) < 4.78 is 31.6. The molecule has 2 heterocycles. The molecule has 1 atom stereocenters. The van der Waals surface area contributed by atoms with Crippen molar-refractivity contribution >= 4 is 15.9 Å². The molecule has 1 N–H and O–H groups in total. The summed E-state index contributed by atoms with van der Waals surface area (Å²) in [5.41, 5.74) is 1.24. The molecule has 0 bridgehead atoms. The summed E-state index contributed by atoms with van der Waals surface area (Å²) in [4.78, 5) is 12.1. The van der Waals surface area contributed by atoms with Gasteiger partial charge >= 0.3 is 0 Å². The van der Waals surface area contributed by atoms with Crippen molar-refractivity contribution in [2.45, 2.75) is 37.5 Å². The number of carbonyl (C=O) groups is 1. The Morgan fingerprint density at radius 2 is 1.88 bits per heavy atom. The number of nitrogens with zero attached hydrogens (tertiary/aromatic N) is 1. The van der Waals surface area contributed by atoms with Crippen LogP contribution in [0.3, 0.4) is 0 Å². The fourth-order valence-corrected chi connectivity index (χ4v) is 4.75. The van der Waals surface area contributed by atoms with E-state index < -0.39 is 10.0 Å². The molecule has 6 nitrogen and oxygen atoms in total. The number of nitrogens with one attached hydrogen (secondary N) is 1. The van der Waals surface area contributed by atoms with E-state index in [1.807, 2.05) is 0 Å². The van der Waals surface area contributed by atoms with E-state index in [2.05, 4.69) is 5.32 Å². The highest BCUT2D eigenvalue weighted by Crippen LogP contribution is 2.17. The summed E-state index contributed by atoms with van der Waals surface area (Å²) in [5, 5.41) is 2.86. The van der Waals surface area contributed by atoms with Gasteiger partial charge in [-0.2, -0.15) is 0 Å². The van der Waals surface area contributed by atoms with Crippen LogP contribution in [0.4, 0.5) is 0 Å². The van der Waals surface area contributed by atoms with Gasteiger partial charge in [0.15, 0.2) is 0 Å². The standard InChI is InChI=1S/C17H24N2O4S/c20-17(18-12-16-4-3-11-23-16)15-7-5-14(6-8-15)13-24(21,22)19-9-1-2-10-19/h5-8,16H,1-4,9-13H2,(H,18,20)/t16-/m0/s1. The van der Waals surface area contributed by atoms with Gasteiger partial charge in [-0.05, 0) is 43.4 Å². The first-order valence-electron chi connectivity index (χ1n) is 8.51. The van der Waals surface area contributed by atoms with Crippen molar-refractivity contribution in [3.8, 4) is 0 Å². The molecule has 1 amide bonds. The minimum absolute atomic E-state index is 0.00911. The van der Waals surface area contributed by atoms with E-state index in [0.29, 0.717) is 30.8 Å². The van der Waals surface area contributed by atoms with Gasteiger partial charge < -0.3 is 10.1 Å². The second kappa shape index (κ2) is 7.63. The van der Waals surface area contributed by atoms with Gasteiger partial charge in [-0.1, -0.05) is 12.1 Å². The van der Waals surface area contributed by atoms with Crippen LogP contribution >= 0.6 is 0 Å². The van der Waals surface area contributed by atoms with Crippen LogP contribution in [0.2, 0.25) is 0 Å². The Labute approximate surface area is 143 Å². The second-order valence-corrected chi connectivity index (χ2v) is 8.37. The number of rotatable bonds is 6. The van der Waals surface area contributed by atoms with E-state index in [1.165, 1.54) is 0 Å². The molecule has 1 aromatic rings. The third-order valence-corrected chi connectivity index (χ3v) is 6.39. The molecule has 2 aliphatic rings. The molecule has 24 heavy (non-hydrogen) atoms. The number of ether oxygens (including phenoxy) is 1. The molecule has 132 valence electrons. The van der Waals surface area contributed by atoms with Crippen molar-refractivity contribution in [1.29, 1.82) is 0 Å². The smallest absolute Gasteiger partial charge is 0.251 e. The lowest BCUT2D eigenvalue weighted by Crippen LogP contribution is -2.31. The molecule has 0 aromatic heterocycles. The first-order valence-corrected chi connectivity index (χ1v) is 10.1. The lowest BCUT2D eigenvalue weighted by Gasteiger charge is -2.15. The van der Waals surface area contributed by atoms with Crippen LogP contribution in [0.25, 0.3) is 0 Å². The van der Waals surface area contributed by atoms with Crippen LogP contribution in [0.5, 0.6) is 0 Å². The van der Waals surface area contributed by atoms with Crippen LogP contribution < -0.4 is 5.32 Å². The molecule has 0 spiro atoms. The Balaban J connectivity index is 1.55. The number of carbonyl (C=O) groups excluding carboxylic acids is 1. The zero-order valence-electron chi connectivity index (χ0n) is 13.7. The maximum atomic E-state index is 12.3. The van der Waals surface area contributed by atoms with Gasteiger partial charge in [0.25, 0.3) is 5.91 Å². The van der Waals surface area contributed by atoms with Crippen LogP contribution in [0.1, 0.15) is 41.6 Å². The number of benzene rings is 1. The molecular weight excluding hydrogens is 328 g/mol. The topological polar surface area (TPSA) is 75.7 Å². The van der Waals surface area contributed by atoms with E-state index in [1.54, 1.807) is 28.6 Å². The number of hydrogen-bond acceptors (Lipinski definition) is 4. The fourth-order valence-electron chi connectivity index (χ4n) is 3.13. The molecular formula is C17H24N2O4S. The van der Waals surface area contributed by atoms with E-state index in [-0.39, 0.29) is 17.8 Å².